The Bertz CT molecular complexity index is 446. The predicted molar refractivity (Wildman–Crippen MR) is 72.5 cm³/mol. The summed E-state index contributed by atoms with van der Waals surface area (Å²) in [5.74, 6) is -0.964. The molecule has 0 heterocycles. The zero-order valence-electron chi connectivity index (χ0n) is 11.1. The van der Waals surface area contributed by atoms with E-state index in [2.05, 4.69) is 5.32 Å². The number of aliphatic carboxylic acids is 1. The molecule has 0 fully saturated rings. The van der Waals surface area contributed by atoms with Crippen molar-refractivity contribution in [1.29, 1.82) is 0 Å². The van der Waals surface area contributed by atoms with Gasteiger partial charge in [0, 0.05) is 19.0 Å². The minimum absolute atomic E-state index is 0.0564. The first-order valence-corrected chi connectivity index (χ1v) is 6.31. The average Bonchev–Trinajstić information content (AvgIpc) is 2.37. The SMILES string of the molecule is CC(CCC(=O)O)NC(=O)Cc1ccccc1CN. The molecular weight excluding hydrogens is 244 g/mol. The highest BCUT2D eigenvalue weighted by atomic mass is 16.4. The average molecular weight is 264 g/mol. The van der Waals surface area contributed by atoms with E-state index in [1.165, 1.54) is 0 Å². The van der Waals surface area contributed by atoms with Crippen molar-refractivity contribution in [2.75, 3.05) is 0 Å². The minimum atomic E-state index is -0.852. The van der Waals surface area contributed by atoms with Crippen molar-refractivity contribution in [1.82, 2.24) is 5.32 Å². The van der Waals surface area contributed by atoms with Crippen molar-refractivity contribution in [3.05, 3.63) is 35.4 Å². The van der Waals surface area contributed by atoms with Crippen LogP contribution in [-0.2, 0) is 22.6 Å². The Morgan fingerprint density at radius 1 is 1.32 bits per heavy atom. The van der Waals surface area contributed by atoms with E-state index in [4.69, 9.17) is 10.8 Å². The van der Waals surface area contributed by atoms with Gasteiger partial charge in [-0.15, -0.1) is 0 Å². The van der Waals surface area contributed by atoms with Crippen molar-refractivity contribution in [3.63, 3.8) is 0 Å². The van der Waals surface area contributed by atoms with Crippen LogP contribution >= 0.6 is 0 Å². The summed E-state index contributed by atoms with van der Waals surface area (Å²) in [6, 6.07) is 7.39. The molecule has 19 heavy (non-hydrogen) atoms. The summed E-state index contributed by atoms with van der Waals surface area (Å²) in [5.41, 5.74) is 7.48. The Morgan fingerprint density at radius 2 is 1.95 bits per heavy atom. The maximum atomic E-state index is 11.8. The van der Waals surface area contributed by atoms with Crippen LogP contribution in [0.15, 0.2) is 24.3 Å². The topological polar surface area (TPSA) is 92.4 Å². The van der Waals surface area contributed by atoms with Crippen LogP contribution in [0.3, 0.4) is 0 Å². The Balaban J connectivity index is 2.48. The number of carbonyl (C=O) groups is 2. The number of carboxylic acid groups (broad SMARTS) is 1. The number of hydrogen-bond donors (Lipinski definition) is 3. The summed E-state index contributed by atoms with van der Waals surface area (Å²) in [7, 11) is 0. The highest BCUT2D eigenvalue weighted by molar-refractivity contribution is 5.79. The second kappa shape index (κ2) is 7.53. The molecule has 0 aliphatic rings. The molecule has 1 atom stereocenters. The molecule has 0 aliphatic heterocycles. The summed E-state index contributed by atoms with van der Waals surface area (Å²) in [5, 5.41) is 11.4. The van der Waals surface area contributed by atoms with E-state index in [0.717, 1.165) is 11.1 Å². The van der Waals surface area contributed by atoms with Gasteiger partial charge in [-0.1, -0.05) is 24.3 Å². The van der Waals surface area contributed by atoms with Gasteiger partial charge in [0.1, 0.15) is 0 Å². The highest BCUT2D eigenvalue weighted by Gasteiger charge is 2.11. The monoisotopic (exact) mass is 264 g/mol. The lowest BCUT2D eigenvalue weighted by Gasteiger charge is -2.13. The van der Waals surface area contributed by atoms with Gasteiger partial charge in [0.05, 0.1) is 6.42 Å². The molecule has 0 spiro atoms. The second-order valence-corrected chi connectivity index (χ2v) is 4.55. The highest BCUT2D eigenvalue weighted by Crippen LogP contribution is 2.09. The molecule has 1 aromatic rings. The molecule has 1 aromatic carbocycles. The van der Waals surface area contributed by atoms with Crippen molar-refractivity contribution in [2.24, 2.45) is 5.73 Å². The van der Waals surface area contributed by atoms with E-state index in [0.29, 0.717) is 13.0 Å². The second-order valence-electron chi connectivity index (χ2n) is 4.55. The van der Waals surface area contributed by atoms with Crippen LogP contribution in [-0.4, -0.2) is 23.0 Å². The number of carboxylic acids is 1. The zero-order valence-corrected chi connectivity index (χ0v) is 11.1. The van der Waals surface area contributed by atoms with Gasteiger partial charge in [0.15, 0.2) is 0 Å². The molecule has 5 nitrogen and oxygen atoms in total. The van der Waals surface area contributed by atoms with E-state index >= 15 is 0 Å². The minimum Gasteiger partial charge on any atom is -0.481 e. The fourth-order valence-corrected chi connectivity index (χ4v) is 1.84. The van der Waals surface area contributed by atoms with Gasteiger partial charge < -0.3 is 16.2 Å². The fraction of sp³-hybridized carbons (Fsp3) is 0.429. The van der Waals surface area contributed by atoms with Crippen LogP contribution in [0.5, 0.6) is 0 Å². The Kier molecular flexibility index (Phi) is 6.02. The number of hydrogen-bond acceptors (Lipinski definition) is 3. The first-order chi connectivity index (χ1) is 9.02. The molecular formula is C14H20N2O3. The van der Waals surface area contributed by atoms with Gasteiger partial charge in [-0.2, -0.15) is 0 Å². The number of rotatable bonds is 7. The van der Waals surface area contributed by atoms with Gasteiger partial charge >= 0.3 is 5.97 Å². The number of nitrogens with one attached hydrogen (secondary N) is 1. The van der Waals surface area contributed by atoms with Crippen molar-refractivity contribution in [3.8, 4) is 0 Å². The fourth-order valence-electron chi connectivity index (χ4n) is 1.84. The number of carbonyl (C=O) groups excluding carboxylic acids is 1. The largest absolute Gasteiger partial charge is 0.481 e. The lowest BCUT2D eigenvalue weighted by atomic mass is 10.0. The van der Waals surface area contributed by atoms with Crippen molar-refractivity contribution < 1.29 is 14.7 Å². The summed E-state index contributed by atoms with van der Waals surface area (Å²) >= 11 is 0. The molecule has 1 rings (SSSR count). The molecule has 1 unspecified atom stereocenters. The molecule has 5 heteroatoms. The number of nitrogens with two attached hydrogens (primary N) is 1. The first kappa shape index (κ1) is 15.2. The van der Waals surface area contributed by atoms with Crippen molar-refractivity contribution >= 4 is 11.9 Å². The Hall–Kier alpha value is -1.88. The lowest BCUT2D eigenvalue weighted by Crippen LogP contribution is -2.34. The van der Waals surface area contributed by atoms with Gasteiger partial charge in [0.2, 0.25) is 5.91 Å². The van der Waals surface area contributed by atoms with Gasteiger partial charge in [-0.05, 0) is 24.5 Å². The van der Waals surface area contributed by atoms with Gasteiger partial charge in [0.25, 0.3) is 0 Å². The van der Waals surface area contributed by atoms with Crippen LogP contribution in [0, 0.1) is 0 Å². The molecule has 0 bridgehead atoms. The molecule has 1 amide bonds. The van der Waals surface area contributed by atoms with Crippen LogP contribution in [0.2, 0.25) is 0 Å². The van der Waals surface area contributed by atoms with Gasteiger partial charge in [-0.3, -0.25) is 9.59 Å². The quantitative estimate of drug-likeness (QED) is 0.686. The van der Waals surface area contributed by atoms with Crippen LogP contribution in [0.4, 0.5) is 0 Å². The summed E-state index contributed by atoms with van der Waals surface area (Å²) in [4.78, 5) is 22.3. The summed E-state index contributed by atoms with van der Waals surface area (Å²) < 4.78 is 0. The maximum Gasteiger partial charge on any atom is 0.303 e. The van der Waals surface area contributed by atoms with Crippen LogP contribution in [0.1, 0.15) is 30.9 Å². The number of benzene rings is 1. The first-order valence-electron chi connectivity index (χ1n) is 6.31. The van der Waals surface area contributed by atoms with E-state index in [1.54, 1.807) is 6.92 Å². The maximum absolute atomic E-state index is 11.8. The standard InChI is InChI=1S/C14H20N2O3/c1-10(6-7-14(18)19)16-13(17)8-11-4-2-3-5-12(11)9-15/h2-5,10H,6-9,15H2,1H3,(H,16,17)(H,18,19). The molecule has 0 aliphatic carbocycles. The molecule has 4 N–H and O–H groups in total. The Morgan fingerprint density at radius 3 is 2.53 bits per heavy atom. The third kappa shape index (κ3) is 5.52. The lowest BCUT2D eigenvalue weighted by molar-refractivity contribution is -0.137. The third-order valence-electron chi connectivity index (χ3n) is 2.89. The predicted octanol–water partition coefficient (Wildman–Crippen LogP) is 1.06. The molecule has 104 valence electrons. The summed E-state index contributed by atoms with van der Waals surface area (Å²) in [6.45, 7) is 2.20. The van der Waals surface area contributed by atoms with E-state index in [1.807, 2.05) is 24.3 Å². The molecule has 0 aromatic heterocycles. The van der Waals surface area contributed by atoms with E-state index < -0.39 is 5.97 Å². The third-order valence-corrected chi connectivity index (χ3v) is 2.89. The smallest absolute Gasteiger partial charge is 0.303 e. The van der Waals surface area contributed by atoms with Crippen molar-refractivity contribution in [2.45, 2.75) is 38.8 Å². The van der Waals surface area contributed by atoms with Crippen LogP contribution in [0.25, 0.3) is 0 Å². The summed E-state index contributed by atoms with van der Waals surface area (Å²) in [6.07, 6.45) is 0.755. The van der Waals surface area contributed by atoms with E-state index in [9.17, 15) is 9.59 Å². The van der Waals surface area contributed by atoms with Crippen LogP contribution < -0.4 is 11.1 Å². The number of amides is 1. The van der Waals surface area contributed by atoms with Gasteiger partial charge in [-0.25, -0.2) is 0 Å². The molecule has 0 saturated heterocycles. The molecule has 0 radical (unpaired) electrons. The normalized spacial score (nSPS) is 11.9. The van der Waals surface area contributed by atoms with E-state index in [-0.39, 0.29) is 24.8 Å². The zero-order chi connectivity index (χ0) is 14.3. The molecule has 0 saturated carbocycles. The Labute approximate surface area is 112 Å².